The van der Waals surface area contributed by atoms with Crippen molar-refractivity contribution in [3.8, 4) is 0 Å². The van der Waals surface area contributed by atoms with Gasteiger partial charge in [-0.1, -0.05) is 0 Å². The Morgan fingerprint density at radius 3 is 2.65 bits per heavy atom. The highest BCUT2D eigenvalue weighted by atomic mass is 19.1. The van der Waals surface area contributed by atoms with Crippen LogP contribution in [0.3, 0.4) is 0 Å². The normalized spacial score (nSPS) is 10.5. The Kier molecular flexibility index (Phi) is 3.04. The van der Waals surface area contributed by atoms with Crippen LogP contribution in [0.25, 0.3) is 0 Å². The van der Waals surface area contributed by atoms with Crippen LogP contribution in [0, 0.1) is 12.7 Å². The maximum atomic E-state index is 13.2. The standard InChI is InChI=1S/C13H15FN2O/c1-9-3-4-13(17-9)8-16(2)12-6-10(14)5-11(15)7-12/h3-7H,8,15H2,1-2H3. The number of nitrogens with two attached hydrogens (primary N) is 1. The molecule has 90 valence electrons. The summed E-state index contributed by atoms with van der Waals surface area (Å²) in [5, 5.41) is 0. The van der Waals surface area contributed by atoms with E-state index < -0.39 is 0 Å². The van der Waals surface area contributed by atoms with Gasteiger partial charge in [-0.15, -0.1) is 0 Å². The molecule has 3 nitrogen and oxygen atoms in total. The Morgan fingerprint density at radius 2 is 2.06 bits per heavy atom. The van der Waals surface area contributed by atoms with Crippen LogP contribution in [-0.4, -0.2) is 7.05 Å². The van der Waals surface area contributed by atoms with Crippen molar-refractivity contribution >= 4 is 11.4 Å². The fraction of sp³-hybridized carbons (Fsp3) is 0.231. The summed E-state index contributed by atoms with van der Waals surface area (Å²) in [5.74, 6) is 1.38. The summed E-state index contributed by atoms with van der Waals surface area (Å²) in [5.41, 5.74) is 6.76. The van der Waals surface area contributed by atoms with E-state index in [4.69, 9.17) is 10.2 Å². The van der Waals surface area contributed by atoms with Crippen molar-refractivity contribution in [3.63, 3.8) is 0 Å². The molecule has 0 atom stereocenters. The Hall–Kier alpha value is -1.97. The Labute approximate surface area is 99.6 Å². The number of halogens is 1. The molecule has 0 bridgehead atoms. The third-order valence-electron chi connectivity index (χ3n) is 2.53. The third kappa shape index (κ3) is 2.78. The van der Waals surface area contributed by atoms with Crippen LogP contribution in [0.1, 0.15) is 11.5 Å². The molecule has 2 N–H and O–H groups in total. The predicted molar refractivity (Wildman–Crippen MR) is 66.4 cm³/mol. The van der Waals surface area contributed by atoms with Crippen molar-refractivity contribution in [3.05, 3.63) is 47.7 Å². The molecule has 0 aliphatic heterocycles. The molecule has 1 aromatic carbocycles. The van der Waals surface area contributed by atoms with E-state index in [9.17, 15) is 4.39 Å². The van der Waals surface area contributed by atoms with Crippen molar-refractivity contribution in [1.29, 1.82) is 0 Å². The molecule has 0 aliphatic rings. The summed E-state index contributed by atoms with van der Waals surface area (Å²) >= 11 is 0. The molecule has 17 heavy (non-hydrogen) atoms. The van der Waals surface area contributed by atoms with Crippen LogP contribution >= 0.6 is 0 Å². The minimum Gasteiger partial charge on any atom is -0.464 e. The first kappa shape index (κ1) is 11.5. The average Bonchev–Trinajstić information content (AvgIpc) is 2.62. The Balaban J connectivity index is 2.16. The SMILES string of the molecule is Cc1ccc(CN(C)c2cc(N)cc(F)c2)o1. The summed E-state index contributed by atoms with van der Waals surface area (Å²) in [6.45, 7) is 2.47. The molecule has 1 aromatic heterocycles. The number of hydrogen-bond donors (Lipinski definition) is 1. The van der Waals surface area contributed by atoms with Gasteiger partial charge in [0.1, 0.15) is 17.3 Å². The number of rotatable bonds is 3. The zero-order chi connectivity index (χ0) is 12.4. The first-order valence-electron chi connectivity index (χ1n) is 5.37. The maximum absolute atomic E-state index is 13.2. The van der Waals surface area contributed by atoms with Crippen molar-refractivity contribution < 1.29 is 8.81 Å². The molecule has 1 heterocycles. The van der Waals surface area contributed by atoms with Crippen LogP contribution in [0.5, 0.6) is 0 Å². The molecule has 0 fully saturated rings. The first-order valence-corrected chi connectivity index (χ1v) is 5.37. The Bertz CT molecular complexity index is 502. The summed E-state index contributed by atoms with van der Waals surface area (Å²) < 4.78 is 18.7. The van der Waals surface area contributed by atoms with Crippen LogP contribution in [0.4, 0.5) is 15.8 Å². The largest absolute Gasteiger partial charge is 0.464 e. The number of nitrogen functional groups attached to an aromatic ring is 1. The Morgan fingerprint density at radius 1 is 1.29 bits per heavy atom. The monoisotopic (exact) mass is 234 g/mol. The third-order valence-corrected chi connectivity index (χ3v) is 2.53. The minimum atomic E-state index is -0.331. The average molecular weight is 234 g/mol. The van der Waals surface area contributed by atoms with Crippen LogP contribution in [0.2, 0.25) is 0 Å². The fourth-order valence-corrected chi connectivity index (χ4v) is 1.71. The molecule has 0 saturated carbocycles. The molecule has 2 rings (SSSR count). The second kappa shape index (κ2) is 4.49. The zero-order valence-corrected chi connectivity index (χ0v) is 9.90. The van der Waals surface area contributed by atoms with Gasteiger partial charge in [0.25, 0.3) is 0 Å². The van der Waals surface area contributed by atoms with E-state index in [0.29, 0.717) is 12.2 Å². The minimum absolute atomic E-state index is 0.331. The van der Waals surface area contributed by atoms with Gasteiger partial charge in [-0.25, -0.2) is 4.39 Å². The van der Waals surface area contributed by atoms with E-state index in [-0.39, 0.29) is 5.82 Å². The van der Waals surface area contributed by atoms with Gasteiger partial charge in [-0.2, -0.15) is 0 Å². The molecule has 0 aliphatic carbocycles. The molecular weight excluding hydrogens is 219 g/mol. The van der Waals surface area contributed by atoms with Gasteiger partial charge < -0.3 is 15.1 Å². The lowest BCUT2D eigenvalue weighted by atomic mass is 10.2. The number of hydrogen-bond acceptors (Lipinski definition) is 3. The van der Waals surface area contributed by atoms with E-state index in [0.717, 1.165) is 17.2 Å². The second-order valence-electron chi connectivity index (χ2n) is 4.11. The highest BCUT2D eigenvalue weighted by Crippen LogP contribution is 2.21. The summed E-state index contributed by atoms with van der Waals surface area (Å²) in [4.78, 5) is 1.89. The van der Waals surface area contributed by atoms with Crippen molar-refractivity contribution in [2.24, 2.45) is 0 Å². The molecule has 0 saturated heterocycles. The van der Waals surface area contributed by atoms with Crippen LogP contribution < -0.4 is 10.6 Å². The lowest BCUT2D eigenvalue weighted by Gasteiger charge is -2.18. The molecular formula is C13H15FN2O. The smallest absolute Gasteiger partial charge is 0.127 e. The molecule has 0 spiro atoms. The van der Waals surface area contributed by atoms with E-state index >= 15 is 0 Å². The number of nitrogens with zero attached hydrogens (tertiary/aromatic N) is 1. The van der Waals surface area contributed by atoms with E-state index in [2.05, 4.69) is 0 Å². The van der Waals surface area contributed by atoms with Crippen molar-refractivity contribution in [2.75, 3.05) is 17.7 Å². The number of aryl methyl sites for hydroxylation is 1. The maximum Gasteiger partial charge on any atom is 0.127 e. The second-order valence-corrected chi connectivity index (χ2v) is 4.11. The van der Waals surface area contributed by atoms with Crippen molar-refractivity contribution in [2.45, 2.75) is 13.5 Å². The quantitative estimate of drug-likeness (QED) is 0.830. The predicted octanol–water partition coefficient (Wildman–Crippen LogP) is 2.95. The fourth-order valence-electron chi connectivity index (χ4n) is 1.71. The molecule has 0 unspecified atom stereocenters. The van der Waals surface area contributed by atoms with Gasteiger partial charge in [-0.3, -0.25) is 0 Å². The van der Waals surface area contributed by atoms with E-state index in [1.165, 1.54) is 12.1 Å². The first-order chi connectivity index (χ1) is 8.04. The highest BCUT2D eigenvalue weighted by Gasteiger charge is 2.07. The lowest BCUT2D eigenvalue weighted by molar-refractivity contribution is 0.481. The van der Waals surface area contributed by atoms with Crippen molar-refractivity contribution in [1.82, 2.24) is 0 Å². The van der Waals surface area contributed by atoms with Crippen LogP contribution in [-0.2, 0) is 6.54 Å². The molecule has 4 heteroatoms. The summed E-state index contributed by atoms with van der Waals surface area (Å²) in [7, 11) is 1.87. The van der Waals surface area contributed by atoms with E-state index in [1.807, 2.05) is 31.0 Å². The zero-order valence-electron chi connectivity index (χ0n) is 9.90. The summed E-state index contributed by atoms with van der Waals surface area (Å²) in [6, 6.07) is 8.30. The number of anilines is 2. The molecule has 2 aromatic rings. The molecule has 0 amide bonds. The number of benzene rings is 1. The topological polar surface area (TPSA) is 42.4 Å². The summed E-state index contributed by atoms with van der Waals surface area (Å²) in [6.07, 6.45) is 0. The van der Waals surface area contributed by atoms with Gasteiger partial charge in [0.2, 0.25) is 0 Å². The lowest BCUT2D eigenvalue weighted by Crippen LogP contribution is -2.16. The van der Waals surface area contributed by atoms with Gasteiger partial charge in [-0.05, 0) is 37.3 Å². The molecule has 0 radical (unpaired) electrons. The van der Waals surface area contributed by atoms with E-state index in [1.54, 1.807) is 6.07 Å². The van der Waals surface area contributed by atoms with Crippen LogP contribution in [0.15, 0.2) is 34.7 Å². The van der Waals surface area contributed by atoms with Gasteiger partial charge in [0.15, 0.2) is 0 Å². The number of furan rings is 1. The highest BCUT2D eigenvalue weighted by molar-refractivity contribution is 5.56. The van der Waals surface area contributed by atoms with Gasteiger partial charge in [0, 0.05) is 18.4 Å². The van der Waals surface area contributed by atoms with Gasteiger partial charge in [0.05, 0.1) is 6.54 Å². The van der Waals surface area contributed by atoms with Gasteiger partial charge >= 0.3 is 0 Å².